The largest absolute Gasteiger partial charge is 0.326 e. The van der Waals surface area contributed by atoms with E-state index in [1.807, 2.05) is 0 Å². The van der Waals surface area contributed by atoms with Crippen molar-refractivity contribution < 1.29 is 0 Å². The minimum absolute atomic E-state index is 0.219. The molecule has 4 N–H and O–H groups in total. The van der Waals surface area contributed by atoms with Crippen LogP contribution in [0.3, 0.4) is 0 Å². The predicted octanol–water partition coefficient (Wildman–Crippen LogP) is 2.02. The summed E-state index contributed by atoms with van der Waals surface area (Å²) in [5, 5.41) is 0. The lowest BCUT2D eigenvalue weighted by molar-refractivity contribution is 0.445. The number of nitrogens with two attached hydrogens (primary N) is 2. The first-order valence-corrected chi connectivity index (χ1v) is 5.23. The molecule has 0 unspecified atom stereocenters. The maximum atomic E-state index is 5.92. The third kappa shape index (κ3) is 5.56. The van der Waals surface area contributed by atoms with Crippen molar-refractivity contribution in [1.82, 2.24) is 0 Å². The average Bonchev–Trinajstić information content (AvgIpc) is 2.10. The second kappa shape index (κ2) is 7.56. The molecule has 0 aliphatic heterocycles. The van der Waals surface area contributed by atoms with E-state index in [1.54, 1.807) is 0 Å². The Hall–Kier alpha value is -0.0800. The van der Waals surface area contributed by atoms with E-state index in [9.17, 15) is 0 Å². The molecule has 2 heteroatoms. The molecule has 0 saturated carbocycles. The Morgan fingerprint density at radius 1 is 0.833 bits per heavy atom. The van der Waals surface area contributed by atoms with E-state index in [0.717, 1.165) is 12.8 Å². The molecular formula is C10H24N2. The monoisotopic (exact) mass is 172 g/mol. The van der Waals surface area contributed by atoms with Crippen LogP contribution in [0.4, 0.5) is 0 Å². The summed E-state index contributed by atoms with van der Waals surface area (Å²) in [7, 11) is 0. The number of hydrogen-bond donors (Lipinski definition) is 2. The first kappa shape index (κ1) is 11.9. The topological polar surface area (TPSA) is 52.0 Å². The molecule has 0 rings (SSSR count). The van der Waals surface area contributed by atoms with Crippen molar-refractivity contribution in [2.75, 3.05) is 0 Å². The van der Waals surface area contributed by atoms with Gasteiger partial charge in [-0.15, -0.1) is 0 Å². The van der Waals surface area contributed by atoms with Gasteiger partial charge in [0.15, 0.2) is 0 Å². The third-order valence-electron chi connectivity index (χ3n) is 2.33. The van der Waals surface area contributed by atoms with Gasteiger partial charge in [0.05, 0.1) is 0 Å². The van der Waals surface area contributed by atoms with Crippen molar-refractivity contribution in [2.45, 2.75) is 64.5 Å². The molecule has 0 aromatic heterocycles. The standard InChI is InChI=1S/C10H24N2/c1-3-5-7-9(11)10(12)8-6-4-2/h9-10H,3-8,11-12H2,1-2H3/t9-,10-/m1/s1. The van der Waals surface area contributed by atoms with Gasteiger partial charge in [-0.3, -0.25) is 0 Å². The van der Waals surface area contributed by atoms with Crippen LogP contribution >= 0.6 is 0 Å². The SMILES string of the molecule is CCCC[C@@H](N)[C@H](N)CCCC. The lowest BCUT2D eigenvalue weighted by atomic mass is 9.99. The second-order valence-corrected chi connectivity index (χ2v) is 3.61. The molecule has 0 heterocycles. The van der Waals surface area contributed by atoms with Crippen LogP contribution in [0.25, 0.3) is 0 Å². The zero-order valence-corrected chi connectivity index (χ0v) is 8.55. The van der Waals surface area contributed by atoms with Crippen LogP contribution in [0.15, 0.2) is 0 Å². The summed E-state index contributed by atoms with van der Waals surface area (Å²) in [4.78, 5) is 0. The first-order valence-electron chi connectivity index (χ1n) is 5.23. The highest BCUT2D eigenvalue weighted by Gasteiger charge is 2.11. The third-order valence-corrected chi connectivity index (χ3v) is 2.33. The Labute approximate surface area is 76.7 Å². The molecule has 74 valence electrons. The quantitative estimate of drug-likeness (QED) is 0.617. The summed E-state index contributed by atoms with van der Waals surface area (Å²) in [6.45, 7) is 4.37. The van der Waals surface area contributed by atoms with E-state index in [0.29, 0.717) is 0 Å². The van der Waals surface area contributed by atoms with Crippen molar-refractivity contribution in [3.05, 3.63) is 0 Å². The molecule has 2 nitrogen and oxygen atoms in total. The van der Waals surface area contributed by atoms with Crippen LogP contribution in [-0.4, -0.2) is 12.1 Å². The van der Waals surface area contributed by atoms with Gasteiger partial charge in [-0.05, 0) is 12.8 Å². The molecule has 0 fully saturated rings. The fraction of sp³-hybridized carbons (Fsp3) is 1.00. The van der Waals surface area contributed by atoms with Gasteiger partial charge < -0.3 is 11.5 Å². The number of unbranched alkanes of at least 4 members (excludes halogenated alkanes) is 2. The molecule has 0 radical (unpaired) electrons. The maximum Gasteiger partial charge on any atom is 0.0192 e. The summed E-state index contributed by atoms with van der Waals surface area (Å²) < 4.78 is 0. The minimum atomic E-state index is 0.219. The van der Waals surface area contributed by atoms with Gasteiger partial charge in [-0.2, -0.15) is 0 Å². The van der Waals surface area contributed by atoms with Crippen molar-refractivity contribution in [3.8, 4) is 0 Å². The van der Waals surface area contributed by atoms with E-state index in [-0.39, 0.29) is 12.1 Å². The second-order valence-electron chi connectivity index (χ2n) is 3.61. The Kier molecular flexibility index (Phi) is 7.51. The zero-order chi connectivity index (χ0) is 9.40. The molecule has 0 aromatic rings. The molecule has 0 aliphatic rings. The van der Waals surface area contributed by atoms with Gasteiger partial charge in [0.2, 0.25) is 0 Å². The lowest BCUT2D eigenvalue weighted by Crippen LogP contribution is -2.41. The maximum absolute atomic E-state index is 5.92. The van der Waals surface area contributed by atoms with Crippen molar-refractivity contribution in [3.63, 3.8) is 0 Å². The highest BCUT2D eigenvalue weighted by atomic mass is 14.8. The molecule has 0 bridgehead atoms. The van der Waals surface area contributed by atoms with Crippen LogP contribution in [0.1, 0.15) is 52.4 Å². The zero-order valence-electron chi connectivity index (χ0n) is 8.55. The molecule has 0 aromatic carbocycles. The van der Waals surface area contributed by atoms with Gasteiger partial charge in [-0.1, -0.05) is 39.5 Å². The summed E-state index contributed by atoms with van der Waals surface area (Å²) >= 11 is 0. The predicted molar refractivity (Wildman–Crippen MR) is 55.0 cm³/mol. The van der Waals surface area contributed by atoms with Gasteiger partial charge in [0, 0.05) is 12.1 Å². The molecule has 0 aliphatic carbocycles. The molecular weight excluding hydrogens is 148 g/mol. The molecule has 0 spiro atoms. The fourth-order valence-electron chi connectivity index (χ4n) is 1.31. The van der Waals surface area contributed by atoms with E-state index in [2.05, 4.69) is 13.8 Å². The van der Waals surface area contributed by atoms with Gasteiger partial charge in [-0.25, -0.2) is 0 Å². The van der Waals surface area contributed by atoms with Crippen LogP contribution in [0.2, 0.25) is 0 Å². The summed E-state index contributed by atoms with van der Waals surface area (Å²) in [6, 6.07) is 0.438. The van der Waals surface area contributed by atoms with Crippen molar-refractivity contribution >= 4 is 0 Å². The highest BCUT2D eigenvalue weighted by molar-refractivity contribution is 4.75. The van der Waals surface area contributed by atoms with Gasteiger partial charge in [0.1, 0.15) is 0 Å². The van der Waals surface area contributed by atoms with Crippen LogP contribution < -0.4 is 11.5 Å². The van der Waals surface area contributed by atoms with Crippen molar-refractivity contribution in [1.29, 1.82) is 0 Å². The molecule has 0 amide bonds. The van der Waals surface area contributed by atoms with Crippen LogP contribution in [0.5, 0.6) is 0 Å². The highest BCUT2D eigenvalue weighted by Crippen LogP contribution is 2.06. The Balaban J connectivity index is 3.39. The summed E-state index contributed by atoms with van der Waals surface area (Å²) in [5.74, 6) is 0. The van der Waals surface area contributed by atoms with Gasteiger partial charge in [0.25, 0.3) is 0 Å². The van der Waals surface area contributed by atoms with Crippen LogP contribution in [0, 0.1) is 0 Å². The lowest BCUT2D eigenvalue weighted by Gasteiger charge is -2.19. The number of rotatable bonds is 7. The fourth-order valence-corrected chi connectivity index (χ4v) is 1.31. The Bertz CT molecular complexity index is 81.8. The van der Waals surface area contributed by atoms with Gasteiger partial charge >= 0.3 is 0 Å². The summed E-state index contributed by atoms with van der Waals surface area (Å²) in [6.07, 6.45) is 7.02. The number of hydrogen-bond acceptors (Lipinski definition) is 2. The molecule has 12 heavy (non-hydrogen) atoms. The Morgan fingerprint density at radius 2 is 1.17 bits per heavy atom. The minimum Gasteiger partial charge on any atom is -0.326 e. The first-order chi connectivity index (χ1) is 5.72. The average molecular weight is 172 g/mol. The molecule has 0 saturated heterocycles. The Morgan fingerprint density at radius 3 is 1.42 bits per heavy atom. The van der Waals surface area contributed by atoms with E-state index >= 15 is 0 Å². The van der Waals surface area contributed by atoms with E-state index < -0.39 is 0 Å². The normalized spacial score (nSPS) is 16.0. The van der Waals surface area contributed by atoms with Crippen LogP contribution in [-0.2, 0) is 0 Å². The van der Waals surface area contributed by atoms with E-state index in [4.69, 9.17) is 11.5 Å². The van der Waals surface area contributed by atoms with Crippen molar-refractivity contribution in [2.24, 2.45) is 11.5 Å². The molecule has 2 atom stereocenters. The smallest absolute Gasteiger partial charge is 0.0192 e. The summed E-state index contributed by atoms with van der Waals surface area (Å²) in [5.41, 5.74) is 11.8. The van der Waals surface area contributed by atoms with E-state index in [1.165, 1.54) is 25.7 Å².